The number of amides is 1. The molecule has 1 aromatic carbocycles. The van der Waals surface area contributed by atoms with Gasteiger partial charge in [-0.15, -0.1) is 10.2 Å². The highest BCUT2D eigenvalue weighted by Gasteiger charge is 2.35. The lowest BCUT2D eigenvalue weighted by Crippen LogP contribution is -2.40. The van der Waals surface area contributed by atoms with Gasteiger partial charge in [-0.1, -0.05) is 11.3 Å². The number of alkyl halides is 3. The molecule has 1 amide bonds. The van der Waals surface area contributed by atoms with Crippen molar-refractivity contribution in [2.45, 2.75) is 6.18 Å². The van der Waals surface area contributed by atoms with Crippen LogP contribution < -0.4 is 16.6 Å². The summed E-state index contributed by atoms with van der Waals surface area (Å²) in [5.74, 6) is -1.91. The van der Waals surface area contributed by atoms with Crippen LogP contribution in [0.3, 0.4) is 0 Å². The maximum atomic E-state index is 14.1. The molecule has 0 saturated carbocycles. The second-order valence-electron chi connectivity index (χ2n) is 5.40. The summed E-state index contributed by atoms with van der Waals surface area (Å²) in [5.41, 5.74) is -3.51. The second-order valence-corrected chi connectivity index (χ2v) is 6.24. The van der Waals surface area contributed by atoms with Gasteiger partial charge >= 0.3 is 11.9 Å². The minimum absolute atomic E-state index is 0.0809. The SMILES string of the molecule is Cn1c(C(F)(F)F)cc(=O)n(-c2ccc(F)c(C(=O)Nc3nncs3)c2)c1=O. The van der Waals surface area contributed by atoms with Crippen molar-refractivity contribution >= 4 is 22.4 Å². The zero-order valence-electron chi connectivity index (χ0n) is 13.8. The van der Waals surface area contributed by atoms with Crippen molar-refractivity contribution in [1.29, 1.82) is 0 Å². The van der Waals surface area contributed by atoms with E-state index in [1.165, 1.54) is 5.51 Å². The highest BCUT2D eigenvalue weighted by atomic mass is 32.1. The summed E-state index contributed by atoms with van der Waals surface area (Å²) < 4.78 is 53.5. The Hall–Kier alpha value is -3.35. The summed E-state index contributed by atoms with van der Waals surface area (Å²) in [6.07, 6.45) is -4.91. The molecule has 0 radical (unpaired) electrons. The molecule has 0 fully saturated rings. The molecule has 146 valence electrons. The van der Waals surface area contributed by atoms with E-state index in [9.17, 15) is 31.9 Å². The molecule has 2 heterocycles. The van der Waals surface area contributed by atoms with Crippen molar-refractivity contribution in [2.24, 2.45) is 7.05 Å². The van der Waals surface area contributed by atoms with E-state index >= 15 is 0 Å². The van der Waals surface area contributed by atoms with E-state index in [0.717, 1.165) is 36.6 Å². The number of rotatable bonds is 3. The molecule has 0 aliphatic heterocycles. The molecule has 0 aliphatic carbocycles. The summed E-state index contributed by atoms with van der Waals surface area (Å²) in [6.45, 7) is 0. The molecule has 2 aromatic heterocycles. The standard InChI is InChI=1S/C15H9F4N5O3S/c1-23-10(15(17,18)19)5-11(25)24(14(23)27)7-2-3-9(16)8(4-7)12(26)21-13-22-20-6-28-13/h2-6H,1H3,(H,21,22,26). The molecule has 0 saturated heterocycles. The summed E-state index contributed by atoms with van der Waals surface area (Å²) in [4.78, 5) is 36.6. The summed E-state index contributed by atoms with van der Waals surface area (Å²) in [7, 11) is 0.841. The molecule has 0 unspecified atom stereocenters. The first-order valence-corrected chi connectivity index (χ1v) is 8.25. The fraction of sp³-hybridized carbons (Fsp3) is 0.133. The van der Waals surface area contributed by atoms with E-state index in [2.05, 4.69) is 15.5 Å². The quantitative estimate of drug-likeness (QED) is 0.658. The van der Waals surface area contributed by atoms with Crippen LogP contribution in [0.2, 0.25) is 0 Å². The Bertz CT molecular complexity index is 1170. The third-order valence-corrected chi connectivity index (χ3v) is 4.25. The normalized spacial score (nSPS) is 11.5. The fourth-order valence-electron chi connectivity index (χ4n) is 2.35. The smallest absolute Gasteiger partial charge is 0.296 e. The highest BCUT2D eigenvalue weighted by Crippen LogP contribution is 2.27. The molecule has 0 spiro atoms. The van der Waals surface area contributed by atoms with Crippen molar-refractivity contribution < 1.29 is 22.4 Å². The number of hydrogen-bond acceptors (Lipinski definition) is 6. The van der Waals surface area contributed by atoms with Crippen LogP contribution in [0.25, 0.3) is 5.69 Å². The number of aromatic nitrogens is 4. The molecular formula is C15H9F4N5O3S. The first-order valence-electron chi connectivity index (χ1n) is 7.37. The number of anilines is 1. The van der Waals surface area contributed by atoms with Crippen molar-refractivity contribution in [3.8, 4) is 5.69 Å². The Kier molecular flexibility index (Phi) is 4.85. The van der Waals surface area contributed by atoms with Crippen LogP contribution in [0, 0.1) is 5.82 Å². The number of benzene rings is 1. The van der Waals surface area contributed by atoms with Crippen molar-refractivity contribution in [3.63, 3.8) is 0 Å². The van der Waals surface area contributed by atoms with Gasteiger partial charge in [-0.2, -0.15) is 13.2 Å². The number of halogens is 4. The lowest BCUT2D eigenvalue weighted by molar-refractivity contribution is -0.144. The second kappa shape index (κ2) is 6.99. The largest absolute Gasteiger partial charge is 0.431 e. The van der Waals surface area contributed by atoms with Gasteiger partial charge in [0.15, 0.2) is 0 Å². The minimum atomic E-state index is -4.91. The molecule has 13 heteroatoms. The average molecular weight is 415 g/mol. The number of nitrogens with one attached hydrogen (secondary N) is 1. The highest BCUT2D eigenvalue weighted by molar-refractivity contribution is 7.13. The summed E-state index contributed by atoms with van der Waals surface area (Å²) in [6, 6.07) is 2.93. The van der Waals surface area contributed by atoms with Gasteiger partial charge in [-0.25, -0.2) is 13.8 Å². The van der Waals surface area contributed by atoms with Crippen LogP contribution in [-0.2, 0) is 13.2 Å². The van der Waals surface area contributed by atoms with Crippen LogP contribution in [0.15, 0.2) is 39.4 Å². The van der Waals surface area contributed by atoms with Gasteiger partial charge < -0.3 is 0 Å². The predicted molar refractivity (Wildman–Crippen MR) is 90.1 cm³/mol. The molecule has 3 rings (SSSR count). The first kappa shape index (κ1) is 19.4. The van der Waals surface area contributed by atoms with Gasteiger partial charge in [0.2, 0.25) is 5.13 Å². The van der Waals surface area contributed by atoms with E-state index < -0.39 is 40.4 Å². The maximum absolute atomic E-state index is 14.1. The van der Waals surface area contributed by atoms with Crippen molar-refractivity contribution in [1.82, 2.24) is 19.3 Å². The molecule has 1 N–H and O–H groups in total. The molecule has 0 atom stereocenters. The molecule has 8 nitrogen and oxygen atoms in total. The van der Waals surface area contributed by atoms with Gasteiger partial charge in [0.1, 0.15) is 17.0 Å². The average Bonchev–Trinajstić information content (AvgIpc) is 3.11. The monoisotopic (exact) mass is 415 g/mol. The van der Waals surface area contributed by atoms with Gasteiger partial charge in [0.25, 0.3) is 11.5 Å². The van der Waals surface area contributed by atoms with Crippen LogP contribution in [0.4, 0.5) is 22.7 Å². The number of nitrogens with zero attached hydrogens (tertiary/aromatic N) is 4. The minimum Gasteiger partial charge on any atom is -0.296 e. The van der Waals surface area contributed by atoms with Crippen LogP contribution >= 0.6 is 11.3 Å². The Morgan fingerprint density at radius 3 is 2.54 bits per heavy atom. The molecule has 0 aliphatic rings. The molecule has 28 heavy (non-hydrogen) atoms. The van der Waals surface area contributed by atoms with E-state index in [1.54, 1.807) is 0 Å². The van der Waals surface area contributed by atoms with Crippen LogP contribution in [0.1, 0.15) is 16.1 Å². The van der Waals surface area contributed by atoms with E-state index in [4.69, 9.17) is 0 Å². The number of carbonyl (C=O) groups excluding carboxylic acids is 1. The number of carbonyl (C=O) groups is 1. The van der Waals surface area contributed by atoms with Gasteiger partial charge in [0.05, 0.1) is 11.3 Å². The fourth-order valence-corrected chi connectivity index (χ4v) is 2.79. The van der Waals surface area contributed by atoms with Crippen molar-refractivity contribution in [2.75, 3.05) is 5.32 Å². The van der Waals surface area contributed by atoms with E-state index in [0.29, 0.717) is 4.57 Å². The van der Waals surface area contributed by atoms with Crippen molar-refractivity contribution in [3.05, 3.63) is 67.7 Å². The third kappa shape index (κ3) is 3.55. The summed E-state index contributed by atoms with van der Waals surface area (Å²) in [5, 5.41) is 9.41. The molecular weight excluding hydrogens is 406 g/mol. The van der Waals surface area contributed by atoms with E-state index in [1.807, 2.05) is 0 Å². The van der Waals surface area contributed by atoms with Gasteiger partial charge in [-0.3, -0.25) is 19.5 Å². The van der Waals surface area contributed by atoms with Gasteiger partial charge in [0, 0.05) is 13.1 Å². The Balaban J connectivity index is 2.11. The maximum Gasteiger partial charge on any atom is 0.431 e. The lowest BCUT2D eigenvalue weighted by Gasteiger charge is -2.14. The topological polar surface area (TPSA) is 98.9 Å². The van der Waals surface area contributed by atoms with Gasteiger partial charge in [-0.05, 0) is 18.2 Å². The molecule has 0 bridgehead atoms. The zero-order valence-corrected chi connectivity index (χ0v) is 14.6. The lowest BCUT2D eigenvalue weighted by atomic mass is 10.1. The van der Waals surface area contributed by atoms with Crippen LogP contribution in [0.5, 0.6) is 0 Å². The number of hydrogen-bond donors (Lipinski definition) is 1. The molecule has 3 aromatic rings. The van der Waals surface area contributed by atoms with E-state index in [-0.39, 0.29) is 21.5 Å². The predicted octanol–water partition coefficient (Wildman–Crippen LogP) is 1.80. The Labute approximate surface area is 156 Å². The summed E-state index contributed by atoms with van der Waals surface area (Å²) >= 11 is 0.971. The van der Waals surface area contributed by atoms with Crippen LogP contribution in [-0.4, -0.2) is 25.2 Å². The third-order valence-electron chi connectivity index (χ3n) is 3.64. The Morgan fingerprint density at radius 1 is 1.21 bits per heavy atom. The first-order chi connectivity index (χ1) is 13.1. The zero-order chi connectivity index (χ0) is 20.6. The Morgan fingerprint density at radius 2 is 1.93 bits per heavy atom.